The van der Waals surface area contributed by atoms with Crippen molar-refractivity contribution in [3.05, 3.63) is 174 Å². The summed E-state index contributed by atoms with van der Waals surface area (Å²) in [5.74, 6) is 0.954. The van der Waals surface area contributed by atoms with E-state index >= 15 is 0 Å². The summed E-state index contributed by atoms with van der Waals surface area (Å²) < 4.78 is 6.17. The van der Waals surface area contributed by atoms with Gasteiger partial charge in [0.05, 0.1) is 0 Å². The van der Waals surface area contributed by atoms with Crippen molar-refractivity contribution in [2.24, 2.45) is 0 Å². The number of oxazole rings is 1. The van der Waals surface area contributed by atoms with Crippen LogP contribution in [0.3, 0.4) is 0 Å². The Labute approximate surface area is 275 Å². The number of hydrogen-bond acceptors (Lipinski definition) is 3. The first-order chi connectivity index (χ1) is 23.1. The van der Waals surface area contributed by atoms with Crippen LogP contribution in [0.15, 0.2) is 162 Å². The number of anilines is 2. The lowest BCUT2D eigenvalue weighted by atomic mass is 9.81. The molecule has 0 saturated carbocycles. The van der Waals surface area contributed by atoms with Crippen molar-refractivity contribution in [3.63, 3.8) is 0 Å². The maximum atomic E-state index is 6.17. The van der Waals surface area contributed by atoms with E-state index in [0.29, 0.717) is 11.8 Å². The summed E-state index contributed by atoms with van der Waals surface area (Å²) in [7, 11) is 0. The Morgan fingerprint density at radius 3 is 2.30 bits per heavy atom. The van der Waals surface area contributed by atoms with Crippen molar-refractivity contribution in [1.29, 1.82) is 0 Å². The molecule has 1 unspecified atom stereocenters. The van der Waals surface area contributed by atoms with Crippen LogP contribution in [0.2, 0.25) is 0 Å². The van der Waals surface area contributed by atoms with Crippen LogP contribution < -0.4 is 4.90 Å². The summed E-state index contributed by atoms with van der Waals surface area (Å²) in [6, 6.07) is 47.4. The minimum absolute atomic E-state index is 0.00216. The minimum Gasteiger partial charge on any atom is -0.436 e. The molecule has 0 amide bonds. The number of nitrogens with zero attached hydrogens (tertiary/aromatic N) is 2. The number of benzene rings is 6. The summed E-state index contributed by atoms with van der Waals surface area (Å²) in [6.45, 7) is 4.71. The van der Waals surface area contributed by atoms with Crippen LogP contribution in [0.4, 0.5) is 11.4 Å². The largest absolute Gasteiger partial charge is 0.436 e. The van der Waals surface area contributed by atoms with Crippen LogP contribution in [0.5, 0.6) is 0 Å². The molecule has 7 aromatic rings. The average Bonchev–Trinajstić information content (AvgIpc) is 3.67. The van der Waals surface area contributed by atoms with Crippen molar-refractivity contribution in [1.82, 2.24) is 4.98 Å². The zero-order valence-electron chi connectivity index (χ0n) is 26.5. The van der Waals surface area contributed by atoms with Gasteiger partial charge >= 0.3 is 0 Å². The van der Waals surface area contributed by atoms with E-state index in [-0.39, 0.29) is 5.41 Å². The molecule has 6 aromatic carbocycles. The van der Waals surface area contributed by atoms with Crippen molar-refractivity contribution < 1.29 is 4.42 Å². The highest BCUT2D eigenvalue weighted by Crippen LogP contribution is 2.52. The fourth-order valence-electron chi connectivity index (χ4n) is 7.67. The van der Waals surface area contributed by atoms with E-state index in [1.807, 2.05) is 36.4 Å². The fraction of sp³-hybridized carbons (Fsp3) is 0.114. The topological polar surface area (TPSA) is 29.3 Å². The molecule has 3 nitrogen and oxygen atoms in total. The highest BCUT2D eigenvalue weighted by atomic mass is 16.3. The van der Waals surface area contributed by atoms with Crippen molar-refractivity contribution >= 4 is 33.2 Å². The molecule has 3 heteroatoms. The molecule has 0 aliphatic heterocycles. The molecular formula is C44H34N2O. The van der Waals surface area contributed by atoms with Gasteiger partial charge in [-0.05, 0) is 94.2 Å². The van der Waals surface area contributed by atoms with E-state index in [1.165, 1.54) is 33.5 Å². The van der Waals surface area contributed by atoms with Gasteiger partial charge in [-0.1, -0.05) is 111 Å². The monoisotopic (exact) mass is 606 g/mol. The molecule has 1 atom stereocenters. The predicted octanol–water partition coefficient (Wildman–Crippen LogP) is 11.7. The smallest absolute Gasteiger partial charge is 0.227 e. The number of hydrogen-bond donors (Lipinski definition) is 0. The zero-order valence-corrected chi connectivity index (χ0v) is 26.5. The van der Waals surface area contributed by atoms with Gasteiger partial charge in [0.1, 0.15) is 5.52 Å². The Kier molecular flexibility index (Phi) is 6.29. The first-order valence-electron chi connectivity index (χ1n) is 16.4. The normalized spacial score (nSPS) is 16.2. The van der Waals surface area contributed by atoms with Gasteiger partial charge in [-0.2, -0.15) is 0 Å². The maximum Gasteiger partial charge on any atom is 0.227 e. The van der Waals surface area contributed by atoms with Gasteiger partial charge in [-0.3, -0.25) is 0 Å². The van der Waals surface area contributed by atoms with Gasteiger partial charge in [0, 0.05) is 39.4 Å². The zero-order chi connectivity index (χ0) is 31.5. The Bertz CT molecular complexity index is 2360. The quantitative estimate of drug-likeness (QED) is 0.195. The van der Waals surface area contributed by atoms with Crippen LogP contribution in [-0.4, -0.2) is 4.98 Å². The lowest BCUT2D eigenvalue weighted by molar-refractivity contribution is 0.620. The number of fused-ring (bicyclic) bond motifs is 6. The van der Waals surface area contributed by atoms with Crippen LogP contribution >= 0.6 is 0 Å². The van der Waals surface area contributed by atoms with E-state index in [4.69, 9.17) is 9.40 Å². The number of para-hydroxylation sites is 1. The maximum absolute atomic E-state index is 6.17. The molecule has 9 rings (SSSR count). The van der Waals surface area contributed by atoms with E-state index < -0.39 is 0 Å². The Morgan fingerprint density at radius 1 is 0.723 bits per heavy atom. The van der Waals surface area contributed by atoms with Crippen LogP contribution in [0.25, 0.3) is 44.5 Å². The molecule has 0 spiro atoms. The van der Waals surface area contributed by atoms with Crippen LogP contribution in [0, 0.1) is 0 Å². The van der Waals surface area contributed by atoms with Gasteiger partial charge in [0.2, 0.25) is 5.89 Å². The van der Waals surface area contributed by atoms with Gasteiger partial charge in [0.15, 0.2) is 5.58 Å². The summed E-state index contributed by atoms with van der Waals surface area (Å²) >= 11 is 0. The molecule has 2 aliphatic carbocycles. The highest BCUT2D eigenvalue weighted by molar-refractivity contribution is 6.05. The van der Waals surface area contributed by atoms with Gasteiger partial charge in [0.25, 0.3) is 0 Å². The third kappa shape index (κ3) is 4.45. The molecule has 0 saturated heterocycles. The van der Waals surface area contributed by atoms with Crippen molar-refractivity contribution in [2.45, 2.75) is 31.6 Å². The molecular weight excluding hydrogens is 572 g/mol. The SMILES string of the molecule is CC1(C)c2ccccc2-c2c(C3C=CC(N(c4ccccc4)c4ccc5c(ccc6oc(-c7ccccc7)nc65)c4)=CC3)cccc21. The predicted molar refractivity (Wildman–Crippen MR) is 194 cm³/mol. The number of aromatic nitrogens is 1. The second kappa shape index (κ2) is 10.7. The van der Waals surface area contributed by atoms with E-state index in [0.717, 1.165) is 45.2 Å². The molecule has 2 aliphatic rings. The van der Waals surface area contributed by atoms with Crippen LogP contribution in [0.1, 0.15) is 42.9 Å². The first-order valence-corrected chi connectivity index (χ1v) is 16.4. The third-order valence-corrected chi connectivity index (χ3v) is 10.0. The Balaban J connectivity index is 1.09. The van der Waals surface area contributed by atoms with Crippen molar-refractivity contribution in [3.8, 4) is 22.6 Å². The molecule has 0 radical (unpaired) electrons. The molecule has 1 aromatic heterocycles. The summed E-state index contributed by atoms with van der Waals surface area (Å²) in [6.07, 6.45) is 8.05. The fourth-order valence-corrected chi connectivity index (χ4v) is 7.67. The van der Waals surface area contributed by atoms with Gasteiger partial charge in [-0.25, -0.2) is 4.98 Å². The molecule has 0 fully saturated rings. The molecule has 0 bridgehead atoms. The first kappa shape index (κ1) is 27.6. The van der Waals surface area contributed by atoms with E-state index in [1.54, 1.807) is 0 Å². The second-order valence-electron chi connectivity index (χ2n) is 13.1. The summed E-state index contributed by atoms with van der Waals surface area (Å²) in [4.78, 5) is 7.28. The van der Waals surface area contributed by atoms with Crippen molar-refractivity contribution in [2.75, 3.05) is 4.90 Å². The minimum atomic E-state index is 0.00216. The third-order valence-electron chi connectivity index (χ3n) is 10.0. The number of allylic oxidation sites excluding steroid dienone is 3. The highest BCUT2D eigenvalue weighted by Gasteiger charge is 2.37. The molecule has 47 heavy (non-hydrogen) atoms. The van der Waals surface area contributed by atoms with Gasteiger partial charge in [-0.15, -0.1) is 0 Å². The van der Waals surface area contributed by atoms with Gasteiger partial charge < -0.3 is 9.32 Å². The molecule has 226 valence electrons. The van der Waals surface area contributed by atoms with E-state index in [2.05, 4.69) is 134 Å². The lowest BCUT2D eigenvalue weighted by Gasteiger charge is -2.30. The molecule has 0 N–H and O–H groups in total. The summed E-state index contributed by atoms with van der Waals surface area (Å²) in [5.41, 5.74) is 13.1. The molecule has 1 heterocycles. The lowest BCUT2D eigenvalue weighted by Crippen LogP contribution is -2.17. The second-order valence-corrected chi connectivity index (χ2v) is 13.1. The Morgan fingerprint density at radius 2 is 1.49 bits per heavy atom. The number of rotatable bonds is 5. The average molecular weight is 607 g/mol. The van der Waals surface area contributed by atoms with E-state index in [9.17, 15) is 0 Å². The summed E-state index contributed by atoms with van der Waals surface area (Å²) in [5, 5.41) is 2.21. The van der Waals surface area contributed by atoms with Crippen LogP contribution in [-0.2, 0) is 5.41 Å². The standard InChI is InChI=1S/C44H34N2O/c1-44(2)38-18-10-9-16-37(38)41-35(17-11-19-39(41)44)29-20-23-33(24-21-29)46(32-14-7-4-8-15-32)34-25-26-36-31(28-34)22-27-40-42(36)45-43(47-40)30-12-5-3-6-13-30/h3-20,22-29H,21H2,1-2H3. The Hall–Kier alpha value is -5.67.